The van der Waals surface area contributed by atoms with Gasteiger partial charge in [0.15, 0.2) is 5.58 Å². The largest absolute Gasteiger partial charge is 0.496 e. The smallest absolute Gasteiger partial charge is 0.417 e. The molecule has 0 unspecified atom stereocenters. The number of amides is 1. The molecule has 2 aromatic carbocycles. The molecule has 3 aromatic rings. The minimum absolute atomic E-state index is 0.277. The van der Waals surface area contributed by atoms with Gasteiger partial charge in [-0.15, -0.1) is 0 Å². The minimum atomic E-state index is -0.530. The van der Waals surface area contributed by atoms with E-state index in [4.69, 9.17) is 9.15 Å². The predicted molar refractivity (Wildman–Crippen MR) is 85.5 cm³/mol. The number of aromatic amines is 1. The molecule has 1 aromatic heterocycles. The van der Waals surface area contributed by atoms with E-state index in [-0.39, 0.29) is 5.91 Å². The van der Waals surface area contributed by atoms with Crippen molar-refractivity contribution in [3.8, 4) is 5.75 Å². The Kier molecular flexibility index (Phi) is 3.72. The number of carbonyl (C=O) groups is 1. The predicted octanol–water partition coefficient (Wildman–Crippen LogP) is 3.14. The number of oxazole rings is 1. The van der Waals surface area contributed by atoms with Crippen LogP contribution in [0.5, 0.6) is 5.75 Å². The number of ether oxygens (including phenoxy) is 1. The van der Waals surface area contributed by atoms with Crippen molar-refractivity contribution in [2.24, 2.45) is 0 Å². The van der Waals surface area contributed by atoms with Crippen LogP contribution in [-0.2, 0) is 0 Å². The number of nitrogens with one attached hydrogen (secondary N) is 2. The monoisotopic (exact) mass is 362 g/mol. The van der Waals surface area contributed by atoms with E-state index in [1.165, 1.54) is 0 Å². The minimum Gasteiger partial charge on any atom is -0.496 e. The molecule has 0 aliphatic carbocycles. The fourth-order valence-corrected chi connectivity index (χ4v) is 2.57. The quantitative estimate of drug-likeness (QED) is 0.749. The number of hydrogen-bond donors (Lipinski definition) is 2. The van der Waals surface area contributed by atoms with Gasteiger partial charge in [0, 0.05) is 17.3 Å². The van der Waals surface area contributed by atoms with E-state index in [1.54, 1.807) is 43.5 Å². The first kappa shape index (κ1) is 14.4. The zero-order chi connectivity index (χ0) is 15.7. The van der Waals surface area contributed by atoms with Gasteiger partial charge in [0.05, 0.1) is 17.1 Å². The van der Waals surface area contributed by atoms with E-state index in [0.29, 0.717) is 32.6 Å². The molecule has 3 rings (SSSR count). The van der Waals surface area contributed by atoms with Crippen LogP contribution in [0.15, 0.2) is 50.1 Å². The number of aromatic nitrogens is 1. The van der Waals surface area contributed by atoms with Crippen molar-refractivity contribution >= 4 is 38.6 Å². The third kappa shape index (κ3) is 2.75. The van der Waals surface area contributed by atoms with Crippen molar-refractivity contribution in [1.82, 2.24) is 4.98 Å². The molecule has 112 valence electrons. The highest BCUT2D eigenvalue weighted by Crippen LogP contribution is 2.26. The molecule has 0 aliphatic rings. The molecule has 2 N–H and O–H groups in total. The van der Waals surface area contributed by atoms with Crippen LogP contribution < -0.4 is 15.8 Å². The highest BCUT2D eigenvalue weighted by atomic mass is 79.9. The molecule has 7 heteroatoms. The maximum atomic E-state index is 12.2. The molecule has 6 nitrogen and oxygen atoms in total. The van der Waals surface area contributed by atoms with Crippen LogP contribution in [0, 0.1) is 0 Å². The molecule has 1 amide bonds. The molecule has 0 radical (unpaired) electrons. The second-order valence-electron chi connectivity index (χ2n) is 4.53. The number of halogens is 1. The summed E-state index contributed by atoms with van der Waals surface area (Å²) in [5.41, 5.74) is 1.98. The maximum absolute atomic E-state index is 12.2. The van der Waals surface area contributed by atoms with E-state index in [9.17, 15) is 9.59 Å². The van der Waals surface area contributed by atoms with Crippen LogP contribution in [0.25, 0.3) is 11.1 Å². The lowest BCUT2D eigenvalue weighted by Gasteiger charge is -2.07. The van der Waals surface area contributed by atoms with Gasteiger partial charge in [-0.2, -0.15) is 0 Å². The SMILES string of the molecule is COc1ccc(C(=O)Nc2ccc3[nH]c(=O)oc3c2)cc1Br. The summed E-state index contributed by atoms with van der Waals surface area (Å²) >= 11 is 3.34. The van der Waals surface area contributed by atoms with Gasteiger partial charge in [-0.1, -0.05) is 0 Å². The van der Waals surface area contributed by atoms with Gasteiger partial charge in [-0.25, -0.2) is 4.79 Å². The first-order valence-electron chi connectivity index (χ1n) is 6.34. The third-order valence-electron chi connectivity index (χ3n) is 3.09. The number of anilines is 1. The summed E-state index contributed by atoms with van der Waals surface area (Å²) in [6, 6.07) is 9.97. The third-order valence-corrected chi connectivity index (χ3v) is 3.71. The molecule has 0 saturated carbocycles. The fourth-order valence-electron chi connectivity index (χ4n) is 2.03. The molecular formula is C15H11BrN2O4. The number of methoxy groups -OCH3 is 1. The van der Waals surface area contributed by atoms with Crippen LogP contribution >= 0.6 is 15.9 Å². The summed E-state index contributed by atoms with van der Waals surface area (Å²) in [6.45, 7) is 0. The van der Waals surface area contributed by atoms with Gasteiger partial charge >= 0.3 is 5.76 Å². The number of rotatable bonds is 3. The lowest BCUT2D eigenvalue weighted by molar-refractivity contribution is 0.102. The van der Waals surface area contributed by atoms with Gasteiger partial charge in [-0.05, 0) is 46.3 Å². The van der Waals surface area contributed by atoms with Crippen molar-refractivity contribution in [2.45, 2.75) is 0 Å². The Morgan fingerprint density at radius 2 is 2.09 bits per heavy atom. The molecule has 0 fully saturated rings. The van der Waals surface area contributed by atoms with E-state index in [1.807, 2.05) is 0 Å². The van der Waals surface area contributed by atoms with Crippen LogP contribution in [-0.4, -0.2) is 18.0 Å². The average Bonchev–Trinajstić information content (AvgIpc) is 2.86. The number of H-pyrrole nitrogens is 1. The standard InChI is InChI=1S/C15H11BrN2O4/c1-21-12-5-2-8(6-10(12)16)14(19)17-9-3-4-11-13(7-9)22-15(20)18-11/h2-7H,1H3,(H,17,19)(H,18,20). The summed E-state index contributed by atoms with van der Waals surface area (Å²) < 4.78 is 10.8. The van der Waals surface area contributed by atoms with E-state index < -0.39 is 5.76 Å². The molecule has 0 spiro atoms. The van der Waals surface area contributed by atoms with Gasteiger partial charge in [0.25, 0.3) is 5.91 Å². The number of hydrogen-bond acceptors (Lipinski definition) is 4. The fraction of sp³-hybridized carbons (Fsp3) is 0.0667. The van der Waals surface area contributed by atoms with E-state index in [2.05, 4.69) is 26.2 Å². The molecule has 0 saturated heterocycles. The van der Waals surface area contributed by atoms with Crippen LogP contribution in [0.3, 0.4) is 0 Å². The Hall–Kier alpha value is -2.54. The molecule has 0 aliphatic heterocycles. The summed E-state index contributed by atoms with van der Waals surface area (Å²) in [4.78, 5) is 25.9. The first-order valence-corrected chi connectivity index (χ1v) is 7.14. The van der Waals surface area contributed by atoms with Crippen LogP contribution in [0.2, 0.25) is 0 Å². The van der Waals surface area contributed by atoms with E-state index >= 15 is 0 Å². The maximum Gasteiger partial charge on any atom is 0.417 e. The van der Waals surface area contributed by atoms with Gasteiger partial charge in [-0.3, -0.25) is 9.78 Å². The van der Waals surface area contributed by atoms with Crippen molar-refractivity contribution in [3.63, 3.8) is 0 Å². The second kappa shape index (κ2) is 5.69. The lowest BCUT2D eigenvalue weighted by Crippen LogP contribution is -2.11. The van der Waals surface area contributed by atoms with Gasteiger partial charge in [0.2, 0.25) is 0 Å². The highest BCUT2D eigenvalue weighted by Gasteiger charge is 2.10. The number of carbonyl (C=O) groups excluding carboxylic acids is 1. The molecular weight excluding hydrogens is 352 g/mol. The van der Waals surface area contributed by atoms with Crippen molar-refractivity contribution in [1.29, 1.82) is 0 Å². The van der Waals surface area contributed by atoms with Crippen LogP contribution in [0.4, 0.5) is 5.69 Å². The summed E-state index contributed by atoms with van der Waals surface area (Å²) in [5, 5.41) is 2.75. The van der Waals surface area contributed by atoms with Crippen molar-refractivity contribution < 1.29 is 13.9 Å². The van der Waals surface area contributed by atoms with Crippen molar-refractivity contribution in [2.75, 3.05) is 12.4 Å². The summed E-state index contributed by atoms with van der Waals surface area (Å²) in [7, 11) is 1.56. The van der Waals surface area contributed by atoms with Crippen molar-refractivity contribution in [3.05, 3.63) is 57.0 Å². The molecule has 22 heavy (non-hydrogen) atoms. The average molecular weight is 363 g/mol. The Bertz CT molecular complexity index is 913. The molecule has 0 bridgehead atoms. The lowest BCUT2D eigenvalue weighted by atomic mass is 10.2. The first-order chi connectivity index (χ1) is 10.6. The summed E-state index contributed by atoms with van der Waals surface area (Å²) in [6.07, 6.45) is 0. The zero-order valence-electron chi connectivity index (χ0n) is 11.5. The number of benzene rings is 2. The second-order valence-corrected chi connectivity index (χ2v) is 5.38. The van der Waals surface area contributed by atoms with Gasteiger partial charge < -0.3 is 14.5 Å². The number of fused-ring (bicyclic) bond motifs is 1. The summed E-state index contributed by atoms with van der Waals surface area (Å²) in [5.74, 6) is -0.162. The van der Waals surface area contributed by atoms with Gasteiger partial charge in [0.1, 0.15) is 5.75 Å². The normalized spacial score (nSPS) is 10.6. The Balaban J connectivity index is 1.85. The Morgan fingerprint density at radius 1 is 1.27 bits per heavy atom. The topological polar surface area (TPSA) is 84.3 Å². The molecule has 1 heterocycles. The zero-order valence-corrected chi connectivity index (χ0v) is 13.1. The Labute approximate surface area is 133 Å². The van der Waals surface area contributed by atoms with E-state index in [0.717, 1.165) is 0 Å². The highest BCUT2D eigenvalue weighted by molar-refractivity contribution is 9.10. The molecule has 0 atom stereocenters. The van der Waals surface area contributed by atoms with Crippen LogP contribution in [0.1, 0.15) is 10.4 Å². The Morgan fingerprint density at radius 3 is 2.82 bits per heavy atom.